The predicted molar refractivity (Wildman–Crippen MR) is 80.5 cm³/mol. The number of halogens is 2. The molecule has 5 nitrogen and oxygen atoms in total. The third-order valence-corrected chi connectivity index (χ3v) is 4.29. The van der Waals surface area contributed by atoms with Crippen LogP contribution in [0.2, 0.25) is 10.0 Å². The van der Waals surface area contributed by atoms with Gasteiger partial charge in [0.15, 0.2) is 0 Å². The molecule has 0 aliphatic carbocycles. The SMILES string of the molecule is COCC1(C(N)=O)CCCN1C(=O)c1ccc(Cl)cc1Cl. The van der Waals surface area contributed by atoms with Gasteiger partial charge in [-0.25, -0.2) is 0 Å². The van der Waals surface area contributed by atoms with Gasteiger partial charge in [-0.2, -0.15) is 0 Å². The molecular weight excluding hydrogens is 315 g/mol. The third-order valence-electron chi connectivity index (χ3n) is 3.74. The van der Waals surface area contributed by atoms with Crippen LogP contribution in [0.25, 0.3) is 0 Å². The third kappa shape index (κ3) is 2.86. The molecule has 0 spiro atoms. The molecule has 1 heterocycles. The maximum absolute atomic E-state index is 12.7. The summed E-state index contributed by atoms with van der Waals surface area (Å²) in [6.07, 6.45) is 1.16. The summed E-state index contributed by atoms with van der Waals surface area (Å²) in [5.74, 6) is -0.912. The fourth-order valence-electron chi connectivity index (χ4n) is 2.70. The van der Waals surface area contributed by atoms with Crippen LogP contribution in [0.5, 0.6) is 0 Å². The number of rotatable bonds is 4. The number of amides is 2. The van der Waals surface area contributed by atoms with E-state index in [9.17, 15) is 9.59 Å². The molecule has 1 unspecified atom stereocenters. The molecule has 2 amide bonds. The normalized spacial score (nSPS) is 21.6. The summed E-state index contributed by atoms with van der Waals surface area (Å²) in [6.45, 7) is 0.503. The van der Waals surface area contributed by atoms with Gasteiger partial charge in [-0.3, -0.25) is 9.59 Å². The van der Waals surface area contributed by atoms with E-state index in [2.05, 4.69) is 0 Å². The van der Waals surface area contributed by atoms with Crippen LogP contribution in [0.15, 0.2) is 18.2 Å². The molecule has 1 aliphatic rings. The zero-order chi connectivity index (χ0) is 15.6. The van der Waals surface area contributed by atoms with Gasteiger partial charge in [-0.15, -0.1) is 0 Å². The molecule has 114 valence electrons. The summed E-state index contributed by atoms with van der Waals surface area (Å²) in [7, 11) is 1.47. The largest absolute Gasteiger partial charge is 0.382 e. The van der Waals surface area contributed by atoms with Gasteiger partial charge in [0.1, 0.15) is 5.54 Å². The van der Waals surface area contributed by atoms with Crippen molar-refractivity contribution < 1.29 is 14.3 Å². The minimum Gasteiger partial charge on any atom is -0.382 e. The van der Waals surface area contributed by atoms with Gasteiger partial charge >= 0.3 is 0 Å². The van der Waals surface area contributed by atoms with Crippen molar-refractivity contribution in [1.82, 2.24) is 4.90 Å². The highest BCUT2D eigenvalue weighted by Gasteiger charge is 2.49. The lowest BCUT2D eigenvalue weighted by Gasteiger charge is -2.35. The fraction of sp³-hybridized carbons (Fsp3) is 0.429. The summed E-state index contributed by atoms with van der Waals surface area (Å²) < 4.78 is 5.11. The molecule has 7 heteroatoms. The Balaban J connectivity index is 2.39. The second-order valence-corrected chi connectivity index (χ2v) is 5.86. The summed E-state index contributed by atoms with van der Waals surface area (Å²) in [4.78, 5) is 26.1. The lowest BCUT2D eigenvalue weighted by atomic mass is 9.95. The van der Waals surface area contributed by atoms with E-state index in [1.165, 1.54) is 18.1 Å². The predicted octanol–water partition coefficient (Wildman–Crippen LogP) is 2.10. The minimum absolute atomic E-state index is 0.0687. The Bertz CT molecular complexity index is 579. The quantitative estimate of drug-likeness (QED) is 0.918. The second kappa shape index (κ2) is 6.22. The van der Waals surface area contributed by atoms with E-state index >= 15 is 0 Å². The molecule has 0 aromatic heterocycles. The highest BCUT2D eigenvalue weighted by atomic mass is 35.5. The van der Waals surface area contributed by atoms with Gasteiger partial charge in [-0.1, -0.05) is 23.2 Å². The number of likely N-dealkylation sites (tertiary alicyclic amines) is 1. The van der Waals surface area contributed by atoms with Gasteiger partial charge in [0.05, 0.1) is 17.2 Å². The van der Waals surface area contributed by atoms with Crippen molar-refractivity contribution in [1.29, 1.82) is 0 Å². The van der Waals surface area contributed by atoms with Crippen molar-refractivity contribution >= 4 is 35.0 Å². The number of nitrogens with zero attached hydrogens (tertiary/aromatic N) is 1. The van der Waals surface area contributed by atoms with Crippen LogP contribution >= 0.6 is 23.2 Å². The highest BCUT2D eigenvalue weighted by molar-refractivity contribution is 6.36. The smallest absolute Gasteiger partial charge is 0.256 e. The number of primary amides is 1. The molecule has 1 aromatic carbocycles. The van der Waals surface area contributed by atoms with Gasteiger partial charge in [0.25, 0.3) is 5.91 Å². The molecule has 2 rings (SSSR count). The van der Waals surface area contributed by atoms with Crippen molar-refractivity contribution in [2.24, 2.45) is 5.73 Å². The molecule has 1 aromatic rings. The molecule has 0 bridgehead atoms. The van der Waals surface area contributed by atoms with Gasteiger partial charge < -0.3 is 15.4 Å². The number of methoxy groups -OCH3 is 1. The van der Waals surface area contributed by atoms with E-state index in [0.717, 1.165) is 0 Å². The van der Waals surface area contributed by atoms with Gasteiger partial charge in [0.2, 0.25) is 5.91 Å². The van der Waals surface area contributed by atoms with E-state index in [4.69, 9.17) is 33.7 Å². The summed E-state index contributed by atoms with van der Waals surface area (Å²) in [6, 6.07) is 4.62. The number of ether oxygens (including phenoxy) is 1. The van der Waals surface area contributed by atoms with Crippen LogP contribution in [0.3, 0.4) is 0 Å². The van der Waals surface area contributed by atoms with E-state index in [1.807, 2.05) is 0 Å². The number of carbonyl (C=O) groups is 2. The van der Waals surface area contributed by atoms with Crippen molar-refractivity contribution in [2.45, 2.75) is 18.4 Å². The Morgan fingerprint density at radius 3 is 2.71 bits per heavy atom. The summed E-state index contributed by atoms with van der Waals surface area (Å²) >= 11 is 11.9. The summed E-state index contributed by atoms with van der Waals surface area (Å²) in [5, 5.41) is 0.686. The first-order chi connectivity index (χ1) is 9.92. The first-order valence-electron chi connectivity index (χ1n) is 6.48. The average Bonchev–Trinajstić information content (AvgIpc) is 2.83. The average molecular weight is 331 g/mol. The van der Waals surface area contributed by atoms with Crippen molar-refractivity contribution in [3.05, 3.63) is 33.8 Å². The van der Waals surface area contributed by atoms with Crippen LogP contribution in [0, 0.1) is 0 Å². The van der Waals surface area contributed by atoms with Crippen LogP contribution in [-0.4, -0.2) is 42.5 Å². The van der Waals surface area contributed by atoms with E-state index in [1.54, 1.807) is 12.1 Å². The van der Waals surface area contributed by atoms with Gasteiger partial charge in [0, 0.05) is 18.7 Å². The first kappa shape index (κ1) is 16.1. The van der Waals surface area contributed by atoms with Crippen LogP contribution in [0.4, 0.5) is 0 Å². The van der Waals surface area contributed by atoms with Crippen LogP contribution < -0.4 is 5.73 Å². The molecule has 2 N–H and O–H groups in total. The molecule has 0 saturated carbocycles. The number of carbonyl (C=O) groups excluding carboxylic acids is 2. The Kier molecular flexibility index (Phi) is 4.76. The standard InChI is InChI=1S/C14H16Cl2N2O3/c1-21-8-14(13(17)20)5-2-6-18(14)12(19)10-4-3-9(15)7-11(10)16/h3-4,7H,2,5-6,8H2,1H3,(H2,17,20). The minimum atomic E-state index is -1.12. The van der Waals surface area contributed by atoms with Crippen LogP contribution in [-0.2, 0) is 9.53 Å². The van der Waals surface area contributed by atoms with E-state index in [-0.39, 0.29) is 17.5 Å². The van der Waals surface area contributed by atoms with Crippen molar-refractivity contribution in [3.63, 3.8) is 0 Å². The number of benzene rings is 1. The first-order valence-corrected chi connectivity index (χ1v) is 7.24. The molecule has 1 saturated heterocycles. The maximum atomic E-state index is 12.7. The lowest BCUT2D eigenvalue weighted by Crippen LogP contribution is -2.58. The molecule has 21 heavy (non-hydrogen) atoms. The number of nitrogens with two attached hydrogens (primary N) is 1. The topological polar surface area (TPSA) is 72.6 Å². The van der Waals surface area contributed by atoms with E-state index in [0.29, 0.717) is 30.0 Å². The molecule has 1 fully saturated rings. The Hall–Kier alpha value is -1.30. The number of hydrogen-bond donors (Lipinski definition) is 1. The summed E-state index contributed by atoms with van der Waals surface area (Å²) in [5.41, 5.74) is 4.70. The molecule has 1 aliphatic heterocycles. The molecular formula is C14H16Cl2N2O3. The highest BCUT2D eigenvalue weighted by Crippen LogP contribution is 2.33. The maximum Gasteiger partial charge on any atom is 0.256 e. The monoisotopic (exact) mass is 330 g/mol. The second-order valence-electron chi connectivity index (χ2n) is 5.01. The Morgan fingerprint density at radius 2 is 2.14 bits per heavy atom. The van der Waals surface area contributed by atoms with Crippen LogP contribution in [0.1, 0.15) is 23.2 Å². The van der Waals surface area contributed by atoms with Crippen molar-refractivity contribution in [3.8, 4) is 0 Å². The Labute approximate surface area is 132 Å². The zero-order valence-corrected chi connectivity index (χ0v) is 13.1. The van der Waals surface area contributed by atoms with E-state index < -0.39 is 11.4 Å². The fourth-order valence-corrected chi connectivity index (χ4v) is 3.19. The van der Waals surface area contributed by atoms with Crippen molar-refractivity contribution in [2.75, 3.05) is 20.3 Å². The molecule has 1 atom stereocenters. The lowest BCUT2D eigenvalue weighted by molar-refractivity contribution is -0.130. The zero-order valence-electron chi connectivity index (χ0n) is 11.6. The Morgan fingerprint density at radius 1 is 1.43 bits per heavy atom. The number of hydrogen-bond acceptors (Lipinski definition) is 3. The van der Waals surface area contributed by atoms with Gasteiger partial charge in [-0.05, 0) is 31.0 Å². The molecule has 0 radical (unpaired) electrons.